The molecule has 0 radical (unpaired) electrons. The van der Waals surface area contributed by atoms with Crippen LogP contribution in [0.3, 0.4) is 0 Å². The maximum Gasteiger partial charge on any atom is 0.254 e. The van der Waals surface area contributed by atoms with Gasteiger partial charge in [0.05, 0.1) is 24.0 Å². The first-order valence-electron chi connectivity index (χ1n) is 8.47. The smallest absolute Gasteiger partial charge is 0.254 e. The van der Waals surface area contributed by atoms with Gasteiger partial charge in [0.2, 0.25) is 0 Å². The Hall–Kier alpha value is -2.40. The third-order valence-corrected chi connectivity index (χ3v) is 4.49. The molecule has 0 saturated carbocycles. The van der Waals surface area contributed by atoms with Crippen LogP contribution in [0.1, 0.15) is 30.6 Å². The molecule has 1 N–H and O–H groups in total. The first-order chi connectivity index (χ1) is 12.0. The lowest BCUT2D eigenvalue weighted by molar-refractivity contribution is -0.00546. The number of carbonyl (C=O) groups is 1. The lowest BCUT2D eigenvalue weighted by Gasteiger charge is -2.36. The second kappa shape index (κ2) is 7.23. The van der Waals surface area contributed by atoms with Crippen LogP contribution < -0.4 is 10.2 Å². The van der Waals surface area contributed by atoms with E-state index in [0.29, 0.717) is 38.4 Å². The molecule has 0 bridgehead atoms. The van der Waals surface area contributed by atoms with E-state index >= 15 is 0 Å². The van der Waals surface area contributed by atoms with Gasteiger partial charge in [0.15, 0.2) is 12.0 Å². The minimum atomic E-state index is -0.647. The number of nitriles is 1. The minimum absolute atomic E-state index is 0.0211. The summed E-state index contributed by atoms with van der Waals surface area (Å²) in [4.78, 5) is 20.2. The number of halogens is 1. The summed E-state index contributed by atoms with van der Waals surface area (Å²) >= 11 is 0. The van der Waals surface area contributed by atoms with Crippen molar-refractivity contribution in [3.63, 3.8) is 0 Å². The number of pyridine rings is 1. The molecular formula is C17H22FN5O2. The van der Waals surface area contributed by atoms with Crippen molar-refractivity contribution in [2.24, 2.45) is 0 Å². The van der Waals surface area contributed by atoms with E-state index in [-0.39, 0.29) is 23.8 Å². The molecule has 134 valence electrons. The molecule has 2 saturated heterocycles. The number of carbonyl (C=O) groups excluding carboxylic acids is 1. The van der Waals surface area contributed by atoms with Crippen LogP contribution in [-0.2, 0) is 4.74 Å². The monoisotopic (exact) mass is 347 g/mol. The number of aromatic nitrogens is 1. The maximum atomic E-state index is 14.1. The molecule has 3 heterocycles. The molecule has 3 atom stereocenters. The highest BCUT2D eigenvalue weighted by Gasteiger charge is 2.27. The van der Waals surface area contributed by atoms with Gasteiger partial charge in [0.1, 0.15) is 5.82 Å². The molecule has 25 heavy (non-hydrogen) atoms. The molecule has 2 aliphatic heterocycles. The number of likely N-dealkylation sites (tertiary alicyclic amines) is 1. The predicted molar refractivity (Wildman–Crippen MR) is 89.5 cm³/mol. The van der Waals surface area contributed by atoms with Crippen molar-refractivity contribution in [2.75, 3.05) is 31.1 Å². The molecule has 0 aromatic carbocycles. The molecular weight excluding hydrogens is 325 g/mol. The molecule has 1 unspecified atom stereocenters. The number of amides is 1. The highest BCUT2D eigenvalue weighted by molar-refractivity contribution is 5.95. The summed E-state index contributed by atoms with van der Waals surface area (Å²) in [6.07, 6.45) is 3.91. The van der Waals surface area contributed by atoms with Crippen LogP contribution in [0.15, 0.2) is 12.3 Å². The van der Waals surface area contributed by atoms with Gasteiger partial charge < -0.3 is 19.9 Å². The molecule has 7 nitrogen and oxygen atoms in total. The van der Waals surface area contributed by atoms with Crippen LogP contribution in [-0.4, -0.2) is 60.2 Å². The maximum absolute atomic E-state index is 14.1. The van der Waals surface area contributed by atoms with Gasteiger partial charge in [-0.25, -0.2) is 9.37 Å². The second-order valence-corrected chi connectivity index (χ2v) is 6.69. The van der Waals surface area contributed by atoms with Gasteiger partial charge >= 0.3 is 0 Å². The number of nitrogens with zero attached hydrogens (tertiary/aromatic N) is 4. The molecule has 2 fully saturated rings. The highest BCUT2D eigenvalue weighted by Crippen LogP contribution is 2.21. The molecule has 2 aliphatic rings. The Kier molecular flexibility index (Phi) is 5.04. The fourth-order valence-electron chi connectivity index (χ4n) is 3.37. The van der Waals surface area contributed by atoms with Crippen LogP contribution in [0.2, 0.25) is 0 Å². The summed E-state index contributed by atoms with van der Waals surface area (Å²) in [7, 11) is 0. The number of morpholine rings is 1. The van der Waals surface area contributed by atoms with Gasteiger partial charge in [-0.2, -0.15) is 5.26 Å². The van der Waals surface area contributed by atoms with Crippen LogP contribution in [0.4, 0.5) is 10.2 Å². The van der Waals surface area contributed by atoms with E-state index in [1.165, 1.54) is 6.07 Å². The summed E-state index contributed by atoms with van der Waals surface area (Å²) in [6.45, 7) is 6.30. The largest absolute Gasteiger partial charge is 0.372 e. The molecule has 1 aromatic heterocycles. The van der Waals surface area contributed by atoms with Crippen LogP contribution in [0, 0.1) is 17.3 Å². The Bertz CT molecular complexity index is 682. The van der Waals surface area contributed by atoms with E-state index in [2.05, 4.69) is 16.5 Å². The van der Waals surface area contributed by atoms with Gasteiger partial charge in [-0.3, -0.25) is 4.79 Å². The number of hydrogen-bond acceptors (Lipinski definition) is 6. The summed E-state index contributed by atoms with van der Waals surface area (Å²) < 4.78 is 19.8. The standard InChI is InChI=1S/C17H22FN5O2/c1-11-7-23(8-12(2)25-11)16-5-14(15(18)6-20-16)17(24)21-13-3-4-22(9-13)10-19/h5-6,11-13H,3-4,7-9H2,1-2H3,(H,21,24)/t11-,12+,13?. The third kappa shape index (κ3) is 3.99. The van der Waals surface area contributed by atoms with E-state index in [4.69, 9.17) is 10.00 Å². The van der Waals surface area contributed by atoms with Gasteiger partial charge in [0, 0.05) is 32.2 Å². The van der Waals surface area contributed by atoms with Crippen LogP contribution in [0.5, 0.6) is 0 Å². The Morgan fingerprint density at radius 3 is 2.76 bits per heavy atom. The molecule has 1 amide bonds. The third-order valence-electron chi connectivity index (χ3n) is 4.49. The number of nitrogens with one attached hydrogen (secondary N) is 1. The van der Waals surface area contributed by atoms with Crippen molar-refractivity contribution in [3.05, 3.63) is 23.6 Å². The average molecular weight is 347 g/mol. The Labute approximate surface area is 146 Å². The summed E-state index contributed by atoms with van der Waals surface area (Å²) in [5.41, 5.74) is -0.0211. The van der Waals surface area contributed by atoms with Gasteiger partial charge in [-0.15, -0.1) is 0 Å². The lowest BCUT2D eigenvalue weighted by atomic mass is 10.1. The number of rotatable bonds is 3. The van der Waals surface area contributed by atoms with Crippen LogP contribution >= 0.6 is 0 Å². The fraction of sp³-hybridized carbons (Fsp3) is 0.588. The second-order valence-electron chi connectivity index (χ2n) is 6.69. The first-order valence-corrected chi connectivity index (χ1v) is 8.47. The number of anilines is 1. The normalized spacial score (nSPS) is 26.4. The van der Waals surface area contributed by atoms with Crippen molar-refractivity contribution < 1.29 is 13.9 Å². The summed E-state index contributed by atoms with van der Waals surface area (Å²) in [5.74, 6) is -0.551. The molecule has 8 heteroatoms. The van der Waals surface area contributed by atoms with Crippen LogP contribution in [0.25, 0.3) is 0 Å². The highest BCUT2D eigenvalue weighted by atomic mass is 19.1. The van der Waals surface area contributed by atoms with Gasteiger partial charge in [-0.1, -0.05) is 0 Å². The molecule has 1 aromatic rings. The molecule has 0 aliphatic carbocycles. The zero-order valence-electron chi connectivity index (χ0n) is 14.4. The number of ether oxygens (including phenoxy) is 1. The van der Waals surface area contributed by atoms with E-state index in [1.54, 1.807) is 4.90 Å². The fourth-order valence-corrected chi connectivity index (χ4v) is 3.37. The summed E-state index contributed by atoms with van der Waals surface area (Å²) in [6, 6.07) is 1.35. The van der Waals surface area contributed by atoms with Crippen molar-refractivity contribution in [3.8, 4) is 6.19 Å². The van der Waals surface area contributed by atoms with E-state index < -0.39 is 11.7 Å². The zero-order chi connectivity index (χ0) is 18.0. The first kappa shape index (κ1) is 17.4. The van der Waals surface area contributed by atoms with Crippen molar-refractivity contribution in [1.29, 1.82) is 5.26 Å². The van der Waals surface area contributed by atoms with Crippen molar-refractivity contribution >= 4 is 11.7 Å². The predicted octanol–water partition coefficient (Wildman–Crippen LogP) is 1.12. The lowest BCUT2D eigenvalue weighted by Crippen LogP contribution is -2.46. The number of hydrogen-bond donors (Lipinski definition) is 1. The molecule has 0 spiro atoms. The van der Waals surface area contributed by atoms with E-state index in [1.807, 2.05) is 18.7 Å². The zero-order valence-corrected chi connectivity index (χ0v) is 14.4. The summed E-state index contributed by atoms with van der Waals surface area (Å²) in [5, 5.41) is 11.7. The van der Waals surface area contributed by atoms with E-state index in [0.717, 1.165) is 6.20 Å². The minimum Gasteiger partial charge on any atom is -0.372 e. The Morgan fingerprint density at radius 2 is 2.12 bits per heavy atom. The Morgan fingerprint density at radius 1 is 1.40 bits per heavy atom. The molecule has 3 rings (SSSR count). The van der Waals surface area contributed by atoms with E-state index in [9.17, 15) is 9.18 Å². The average Bonchev–Trinajstić information content (AvgIpc) is 3.01. The SMILES string of the molecule is C[C@@H]1CN(c2cc(C(=O)NC3CCN(C#N)C3)c(F)cn2)C[C@H](C)O1. The quantitative estimate of drug-likeness (QED) is 0.825. The Balaban J connectivity index is 1.73. The topological polar surface area (TPSA) is 81.5 Å². The van der Waals surface area contributed by atoms with Gasteiger partial charge in [-0.05, 0) is 26.3 Å². The van der Waals surface area contributed by atoms with Crippen molar-refractivity contribution in [2.45, 2.75) is 38.5 Å². The van der Waals surface area contributed by atoms with Gasteiger partial charge in [0.25, 0.3) is 5.91 Å². The van der Waals surface area contributed by atoms with Crippen molar-refractivity contribution in [1.82, 2.24) is 15.2 Å².